The van der Waals surface area contributed by atoms with Crippen LogP contribution in [0.1, 0.15) is 53.9 Å². The highest BCUT2D eigenvalue weighted by Gasteiger charge is 2.24. The molecule has 0 radical (unpaired) electrons. The Morgan fingerprint density at radius 1 is 1.10 bits per heavy atom. The van der Waals surface area contributed by atoms with Gasteiger partial charge in [-0.3, -0.25) is 14.0 Å². The molecule has 0 aliphatic rings. The second-order valence-electron chi connectivity index (χ2n) is 7.48. The lowest BCUT2D eigenvalue weighted by Crippen LogP contribution is -2.31. The molecule has 0 spiro atoms. The van der Waals surface area contributed by atoms with Gasteiger partial charge >= 0.3 is 0 Å². The summed E-state index contributed by atoms with van der Waals surface area (Å²) in [6.45, 7) is 7.79. The first-order valence-corrected chi connectivity index (χ1v) is 10.1. The molecule has 6 heteroatoms. The Morgan fingerprint density at radius 3 is 2.52 bits per heavy atom. The normalized spacial score (nSPS) is 11.0. The molecule has 1 N–H and O–H groups in total. The van der Waals surface area contributed by atoms with Crippen molar-refractivity contribution >= 4 is 17.3 Å². The van der Waals surface area contributed by atoms with Crippen molar-refractivity contribution in [3.8, 4) is 0 Å². The molecule has 0 saturated carbocycles. The summed E-state index contributed by atoms with van der Waals surface area (Å²) in [5, 5.41) is 2.91. The van der Waals surface area contributed by atoms with Crippen LogP contribution < -0.4 is 5.32 Å². The number of imidazole rings is 1. The van der Waals surface area contributed by atoms with E-state index < -0.39 is 0 Å². The van der Waals surface area contributed by atoms with E-state index in [2.05, 4.69) is 24.1 Å². The highest BCUT2D eigenvalue weighted by atomic mass is 16.2. The van der Waals surface area contributed by atoms with E-state index in [0.717, 1.165) is 12.0 Å². The summed E-state index contributed by atoms with van der Waals surface area (Å²) < 4.78 is 1.69. The zero-order chi connectivity index (χ0) is 20.8. The maximum absolute atomic E-state index is 13.3. The van der Waals surface area contributed by atoms with Gasteiger partial charge < -0.3 is 10.2 Å². The van der Waals surface area contributed by atoms with E-state index in [0.29, 0.717) is 36.8 Å². The third-order valence-corrected chi connectivity index (χ3v) is 4.85. The zero-order valence-corrected chi connectivity index (χ0v) is 17.3. The van der Waals surface area contributed by atoms with E-state index in [1.807, 2.05) is 55.5 Å². The number of fused-ring (bicyclic) bond motifs is 1. The Labute approximate surface area is 171 Å². The van der Waals surface area contributed by atoms with Crippen molar-refractivity contribution in [1.82, 2.24) is 19.6 Å². The van der Waals surface area contributed by atoms with E-state index in [1.54, 1.807) is 15.5 Å². The molecular weight excluding hydrogens is 364 g/mol. The Hall–Kier alpha value is -3.15. The molecule has 0 atom stereocenters. The lowest BCUT2D eigenvalue weighted by atomic mass is 10.1. The molecule has 2 amide bonds. The third kappa shape index (κ3) is 4.83. The number of hydrogen-bond donors (Lipinski definition) is 1. The molecule has 2 aromatic heterocycles. The molecular formula is C23H28N4O2. The van der Waals surface area contributed by atoms with Crippen molar-refractivity contribution in [1.29, 1.82) is 0 Å². The van der Waals surface area contributed by atoms with Crippen LogP contribution in [0.5, 0.6) is 0 Å². The number of amides is 2. The van der Waals surface area contributed by atoms with Gasteiger partial charge in [0.2, 0.25) is 5.82 Å². The molecule has 0 fully saturated rings. The number of benzene rings is 1. The van der Waals surface area contributed by atoms with E-state index in [4.69, 9.17) is 0 Å². The van der Waals surface area contributed by atoms with Crippen LogP contribution in [-0.2, 0) is 6.54 Å². The Kier molecular flexibility index (Phi) is 6.65. The van der Waals surface area contributed by atoms with Gasteiger partial charge in [0.25, 0.3) is 11.8 Å². The Bertz CT molecular complexity index is 979. The van der Waals surface area contributed by atoms with Gasteiger partial charge in [-0.2, -0.15) is 0 Å². The average molecular weight is 393 g/mol. The predicted molar refractivity (Wildman–Crippen MR) is 114 cm³/mol. The smallest absolute Gasteiger partial charge is 0.287 e. The van der Waals surface area contributed by atoms with Crippen LogP contribution in [-0.4, -0.2) is 39.2 Å². The summed E-state index contributed by atoms with van der Waals surface area (Å²) >= 11 is 0. The molecule has 6 nitrogen and oxygen atoms in total. The predicted octanol–water partition coefficient (Wildman–Crippen LogP) is 3.77. The van der Waals surface area contributed by atoms with Gasteiger partial charge in [0.15, 0.2) is 5.69 Å². The zero-order valence-electron chi connectivity index (χ0n) is 17.3. The van der Waals surface area contributed by atoms with Crippen molar-refractivity contribution in [3.05, 3.63) is 71.8 Å². The molecule has 29 heavy (non-hydrogen) atoms. The highest BCUT2D eigenvalue weighted by molar-refractivity contribution is 6.02. The molecule has 3 aromatic rings. The molecule has 2 heterocycles. The summed E-state index contributed by atoms with van der Waals surface area (Å²) in [5.41, 5.74) is 1.99. The van der Waals surface area contributed by atoms with Crippen molar-refractivity contribution in [2.75, 3.05) is 13.1 Å². The first-order chi connectivity index (χ1) is 14.0. The van der Waals surface area contributed by atoms with Gasteiger partial charge in [-0.05, 0) is 37.0 Å². The van der Waals surface area contributed by atoms with Crippen LogP contribution in [0.25, 0.3) is 5.52 Å². The van der Waals surface area contributed by atoms with Gasteiger partial charge in [-0.15, -0.1) is 0 Å². The standard InChI is InChI=1S/C23H28N4O2/c1-4-26(16-18-10-6-5-7-11-18)23(29)20-19-12-8-9-15-27(19)21(25-20)22(28)24-14-13-17(2)3/h5-12,15,17H,4,13-14,16H2,1-3H3,(H,24,28). The van der Waals surface area contributed by atoms with Crippen LogP contribution in [0.4, 0.5) is 0 Å². The van der Waals surface area contributed by atoms with Crippen LogP contribution >= 0.6 is 0 Å². The summed E-state index contributed by atoms with van der Waals surface area (Å²) in [7, 11) is 0. The molecule has 0 unspecified atom stereocenters. The number of rotatable bonds is 8. The van der Waals surface area contributed by atoms with E-state index in [1.165, 1.54) is 0 Å². The lowest BCUT2D eigenvalue weighted by molar-refractivity contribution is 0.0749. The summed E-state index contributed by atoms with van der Waals surface area (Å²) in [6, 6.07) is 15.4. The number of carbonyl (C=O) groups is 2. The number of pyridine rings is 1. The van der Waals surface area contributed by atoms with Gasteiger partial charge in [-0.1, -0.05) is 50.2 Å². The summed E-state index contributed by atoms with van der Waals surface area (Å²) in [5.74, 6) is 0.294. The van der Waals surface area contributed by atoms with E-state index in [9.17, 15) is 9.59 Å². The molecule has 3 rings (SSSR count). The lowest BCUT2D eigenvalue weighted by Gasteiger charge is -2.20. The van der Waals surface area contributed by atoms with Crippen LogP contribution in [0.15, 0.2) is 54.7 Å². The fourth-order valence-corrected chi connectivity index (χ4v) is 3.19. The number of aromatic nitrogens is 2. The topological polar surface area (TPSA) is 66.7 Å². The summed E-state index contributed by atoms with van der Waals surface area (Å²) in [4.78, 5) is 32.1. The van der Waals surface area contributed by atoms with Crippen molar-refractivity contribution in [2.45, 2.75) is 33.7 Å². The summed E-state index contributed by atoms with van der Waals surface area (Å²) in [6.07, 6.45) is 2.66. The molecule has 0 bridgehead atoms. The number of carbonyl (C=O) groups excluding carboxylic acids is 2. The number of nitrogens with zero attached hydrogens (tertiary/aromatic N) is 3. The van der Waals surface area contributed by atoms with Crippen LogP contribution in [0.3, 0.4) is 0 Å². The van der Waals surface area contributed by atoms with Gasteiger partial charge in [-0.25, -0.2) is 4.98 Å². The number of nitrogens with one attached hydrogen (secondary N) is 1. The molecule has 0 saturated heterocycles. The van der Waals surface area contributed by atoms with Gasteiger partial charge in [0.05, 0.1) is 5.52 Å². The van der Waals surface area contributed by atoms with Gasteiger partial charge in [0, 0.05) is 25.8 Å². The minimum atomic E-state index is -0.267. The van der Waals surface area contributed by atoms with Crippen molar-refractivity contribution in [3.63, 3.8) is 0 Å². The molecule has 1 aromatic carbocycles. The van der Waals surface area contributed by atoms with E-state index >= 15 is 0 Å². The maximum Gasteiger partial charge on any atom is 0.287 e. The van der Waals surface area contributed by atoms with Crippen molar-refractivity contribution < 1.29 is 9.59 Å². The van der Waals surface area contributed by atoms with Crippen LogP contribution in [0.2, 0.25) is 0 Å². The first-order valence-electron chi connectivity index (χ1n) is 10.1. The quantitative estimate of drug-likeness (QED) is 0.634. The fourth-order valence-electron chi connectivity index (χ4n) is 3.19. The first kappa shape index (κ1) is 20.6. The van der Waals surface area contributed by atoms with Gasteiger partial charge in [0.1, 0.15) is 0 Å². The minimum Gasteiger partial charge on any atom is -0.349 e. The monoisotopic (exact) mass is 392 g/mol. The average Bonchev–Trinajstić information content (AvgIpc) is 3.12. The van der Waals surface area contributed by atoms with E-state index in [-0.39, 0.29) is 17.6 Å². The molecule has 0 aliphatic heterocycles. The Morgan fingerprint density at radius 2 is 1.83 bits per heavy atom. The second kappa shape index (κ2) is 9.37. The Balaban J connectivity index is 1.88. The third-order valence-electron chi connectivity index (χ3n) is 4.85. The molecule has 152 valence electrons. The molecule has 0 aliphatic carbocycles. The van der Waals surface area contributed by atoms with Crippen molar-refractivity contribution in [2.24, 2.45) is 5.92 Å². The maximum atomic E-state index is 13.3. The fraction of sp³-hybridized carbons (Fsp3) is 0.348. The van der Waals surface area contributed by atoms with Crippen LogP contribution in [0, 0.1) is 5.92 Å². The second-order valence-corrected chi connectivity index (χ2v) is 7.48. The highest BCUT2D eigenvalue weighted by Crippen LogP contribution is 2.17. The largest absolute Gasteiger partial charge is 0.349 e. The number of hydrogen-bond acceptors (Lipinski definition) is 3. The minimum absolute atomic E-state index is 0.179. The SMILES string of the molecule is CCN(Cc1ccccc1)C(=O)c1nc(C(=O)NCCC(C)C)n2ccccc12.